The Morgan fingerprint density at radius 3 is 2.45 bits per heavy atom. The van der Waals surface area contributed by atoms with Crippen molar-refractivity contribution < 1.29 is 26.7 Å². The Hall–Kier alpha value is -2.23. The lowest BCUT2D eigenvalue weighted by molar-refractivity contribution is 0.0600. The summed E-state index contributed by atoms with van der Waals surface area (Å²) in [4.78, 5) is 13.7. The van der Waals surface area contributed by atoms with E-state index in [-0.39, 0.29) is 34.1 Å². The van der Waals surface area contributed by atoms with Crippen LogP contribution in [0.25, 0.3) is 0 Å². The maximum absolute atomic E-state index is 14.7. The van der Waals surface area contributed by atoms with Crippen LogP contribution in [0.1, 0.15) is 28.8 Å². The zero-order chi connectivity index (χ0) is 22.6. The number of carbonyl (C=O) groups excluding carboxylic acids is 1. The standard InChI is InChI=1S/C21H23ClF2N2O4S/c1-30-21(27)15-4-5-16(20(24)12-15)14-26(17-6-7-19(23)18(22)13-17)31(28,29)11-10-25-8-2-3-9-25/h4-7,12-13H,2-3,8-11,14H2,1H3. The average Bonchev–Trinajstić information content (AvgIpc) is 3.26. The lowest BCUT2D eigenvalue weighted by Crippen LogP contribution is -2.37. The molecular formula is C21H23ClF2N2O4S. The van der Waals surface area contributed by atoms with E-state index in [9.17, 15) is 22.0 Å². The number of sulfonamides is 1. The topological polar surface area (TPSA) is 66.9 Å². The molecule has 0 aliphatic carbocycles. The molecule has 0 atom stereocenters. The van der Waals surface area contributed by atoms with Crippen molar-refractivity contribution in [3.63, 3.8) is 0 Å². The van der Waals surface area contributed by atoms with Crippen LogP contribution in [0.4, 0.5) is 14.5 Å². The molecule has 1 aliphatic heterocycles. The minimum atomic E-state index is -3.89. The van der Waals surface area contributed by atoms with Gasteiger partial charge in [0.1, 0.15) is 11.6 Å². The maximum atomic E-state index is 14.7. The fourth-order valence-electron chi connectivity index (χ4n) is 3.43. The van der Waals surface area contributed by atoms with Crippen LogP contribution in [0.3, 0.4) is 0 Å². The monoisotopic (exact) mass is 472 g/mol. The van der Waals surface area contributed by atoms with Gasteiger partial charge in [0.25, 0.3) is 0 Å². The van der Waals surface area contributed by atoms with Crippen LogP contribution in [0, 0.1) is 11.6 Å². The van der Waals surface area contributed by atoms with Gasteiger partial charge in [-0.3, -0.25) is 4.31 Å². The summed E-state index contributed by atoms with van der Waals surface area (Å²) in [5.74, 6) is -2.32. The number of anilines is 1. The summed E-state index contributed by atoms with van der Waals surface area (Å²) in [6, 6.07) is 7.23. The van der Waals surface area contributed by atoms with Gasteiger partial charge in [0, 0.05) is 12.1 Å². The zero-order valence-corrected chi connectivity index (χ0v) is 18.6. The molecule has 6 nitrogen and oxygen atoms in total. The van der Waals surface area contributed by atoms with E-state index >= 15 is 0 Å². The molecule has 0 unspecified atom stereocenters. The van der Waals surface area contributed by atoms with Crippen molar-refractivity contribution >= 4 is 33.3 Å². The molecule has 0 aromatic heterocycles. The molecule has 31 heavy (non-hydrogen) atoms. The molecule has 1 saturated heterocycles. The maximum Gasteiger partial charge on any atom is 0.337 e. The van der Waals surface area contributed by atoms with E-state index in [1.807, 2.05) is 0 Å². The number of halogens is 3. The van der Waals surface area contributed by atoms with Crippen LogP contribution in [-0.4, -0.2) is 51.8 Å². The molecule has 0 radical (unpaired) electrons. The highest BCUT2D eigenvalue weighted by Crippen LogP contribution is 2.28. The number of methoxy groups -OCH3 is 1. The highest BCUT2D eigenvalue weighted by Gasteiger charge is 2.26. The van der Waals surface area contributed by atoms with Crippen molar-refractivity contribution in [3.05, 3.63) is 64.2 Å². The molecule has 0 N–H and O–H groups in total. The van der Waals surface area contributed by atoms with Gasteiger partial charge >= 0.3 is 5.97 Å². The second-order valence-electron chi connectivity index (χ2n) is 7.27. The first kappa shape index (κ1) is 23.4. The van der Waals surface area contributed by atoms with Gasteiger partial charge in [-0.2, -0.15) is 0 Å². The van der Waals surface area contributed by atoms with Crippen molar-refractivity contribution in [2.45, 2.75) is 19.4 Å². The van der Waals surface area contributed by atoms with Crippen LogP contribution in [0.15, 0.2) is 36.4 Å². The third kappa shape index (κ3) is 5.72. The molecular weight excluding hydrogens is 450 g/mol. The first-order valence-electron chi connectivity index (χ1n) is 9.76. The Kier molecular flexibility index (Phi) is 7.51. The smallest absolute Gasteiger partial charge is 0.337 e. The van der Waals surface area contributed by atoms with Gasteiger partial charge < -0.3 is 9.64 Å². The van der Waals surface area contributed by atoms with Crippen LogP contribution < -0.4 is 4.31 Å². The minimum absolute atomic E-state index is 0.0111. The lowest BCUT2D eigenvalue weighted by atomic mass is 10.1. The van der Waals surface area contributed by atoms with Crippen molar-refractivity contribution in [2.75, 3.05) is 36.8 Å². The number of ether oxygens (including phenoxy) is 1. The van der Waals surface area contributed by atoms with Gasteiger partial charge in [-0.1, -0.05) is 17.7 Å². The van der Waals surface area contributed by atoms with Crippen LogP contribution in [-0.2, 0) is 21.3 Å². The summed E-state index contributed by atoms with van der Waals surface area (Å²) in [7, 11) is -2.70. The molecule has 1 heterocycles. The Balaban J connectivity index is 1.91. The van der Waals surface area contributed by atoms with Gasteiger partial charge in [0.2, 0.25) is 10.0 Å². The molecule has 2 aromatic carbocycles. The first-order valence-corrected chi connectivity index (χ1v) is 11.7. The normalized spacial score (nSPS) is 14.6. The predicted octanol–water partition coefficient (Wildman–Crippen LogP) is 3.84. The van der Waals surface area contributed by atoms with Crippen LogP contribution >= 0.6 is 11.6 Å². The van der Waals surface area contributed by atoms with Crippen LogP contribution in [0.5, 0.6) is 0 Å². The second-order valence-corrected chi connectivity index (χ2v) is 9.69. The fraction of sp³-hybridized carbons (Fsp3) is 0.381. The molecule has 168 valence electrons. The number of carbonyl (C=O) groups is 1. The highest BCUT2D eigenvalue weighted by atomic mass is 35.5. The summed E-state index contributed by atoms with van der Waals surface area (Å²) >= 11 is 5.86. The van der Waals surface area contributed by atoms with E-state index < -0.39 is 27.6 Å². The molecule has 1 aliphatic rings. The van der Waals surface area contributed by atoms with Gasteiger partial charge in [0.15, 0.2) is 0 Å². The van der Waals surface area contributed by atoms with Gasteiger partial charge in [-0.15, -0.1) is 0 Å². The van der Waals surface area contributed by atoms with Crippen LogP contribution in [0.2, 0.25) is 5.02 Å². The number of rotatable bonds is 8. The van der Waals surface area contributed by atoms with Gasteiger partial charge in [-0.05, 0) is 56.3 Å². The van der Waals surface area contributed by atoms with Crippen molar-refractivity contribution in [2.24, 2.45) is 0 Å². The lowest BCUT2D eigenvalue weighted by Gasteiger charge is -2.26. The Morgan fingerprint density at radius 1 is 1.13 bits per heavy atom. The summed E-state index contributed by atoms with van der Waals surface area (Å²) in [6.45, 7) is 1.68. The second kappa shape index (κ2) is 9.93. The van der Waals surface area contributed by atoms with Crippen molar-refractivity contribution in [3.8, 4) is 0 Å². The zero-order valence-electron chi connectivity index (χ0n) is 17.0. The number of likely N-dealkylation sites (tertiary alicyclic amines) is 1. The molecule has 0 bridgehead atoms. The molecule has 0 amide bonds. The molecule has 2 aromatic rings. The quantitative estimate of drug-likeness (QED) is 0.546. The average molecular weight is 473 g/mol. The molecule has 3 rings (SSSR count). The molecule has 0 spiro atoms. The van der Waals surface area contributed by atoms with Crippen molar-refractivity contribution in [1.82, 2.24) is 4.90 Å². The molecule has 0 saturated carbocycles. The summed E-state index contributed by atoms with van der Waals surface area (Å²) in [5.41, 5.74) is 0.194. The molecule has 1 fully saturated rings. The third-order valence-corrected chi connectivity index (χ3v) is 7.18. The number of esters is 1. The van der Waals surface area contributed by atoms with E-state index in [0.717, 1.165) is 42.4 Å². The SMILES string of the molecule is COC(=O)c1ccc(CN(c2ccc(F)c(Cl)c2)S(=O)(=O)CCN2CCCC2)c(F)c1. The van der Waals surface area contributed by atoms with Crippen molar-refractivity contribution in [1.29, 1.82) is 0 Å². The Morgan fingerprint density at radius 2 is 1.84 bits per heavy atom. The number of nitrogens with zero attached hydrogens (tertiary/aromatic N) is 2. The summed E-state index contributed by atoms with van der Waals surface area (Å²) < 4.78 is 60.3. The number of hydrogen-bond acceptors (Lipinski definition) is 5. The first-order chi connectivity index (χ1) is 14.7. The number of benzene rings is 2. The van der Waals surface area contributed by atoms with E-state index in [0.29, 0.717) is 6.54 Å². The largest absolute Gasteiger partial charge is 0.465 e. The Labute approximate surface area is 185 Å². The van der Waals surface area contributed by atoms with Gasteiger partial charge in [0.05, 0.1) is 35.7 Å². The fourth-order valence-corrected chi connectivity index (χ4v) is 5.08. The predicted molar refractivity (Wildman–Crippen MR) is 115 cm³/mol. The summed E-state index contributed by atoms with van der Waals surface area (Å²) in [5, 5.41) is -0.237. The minimum Gasteiger partial charge on any atom is -0.465 e. The van der Waals surface area contributed by atoms with E-state index in [4.69, 9.17) is 11.6 Å². The van der Waals surface area contributed by atoms with E-state index in [1.165, 1.54) is 31.4 Å². The summed E-state index contributed by atoms with van der Waals surface area (Å²) in [6.07, 6.45) is 2.05. The Bertz CT molecular complexity index is 1060. The third-order valence-electron chi connectivity index (χ3n) is 5.18. The van der Waals surface area contributed by atoms with Gasteiger partial charge in [-0.25, -0.2) is 22.0 Å². The number of hydrogen-bond donors (Lipinski definition) is 0. The van der Waals surface area contributed by atoms with E-state index in [2.05, 4.69) is 9.64 Å². The molecule has 10 heteroatoms. The highest BCUT2D eigenvalue weighted by molar-refractivity contribution is 7.92. The van der Waals surface area contributed by atoms with E-state index in [1.54, 1.807) is 0 Å².